The Balaban J connectivity index is 3.05. The molecule has 0 aromatic heterocycles. The molecule has 0 N–H and O–H groups in total. The summed E-state index contributed by atoms with van der Waals surface area (Å²) in [6.07, 6.45) is 0. The van der Waals surface area contributed by atoms with E-state index in [9.17, 15) is 4.79 Å². The quantitative estimate of drug-likeness (QED) is 0.800. The summed E-state index contributed by atoms with van der Waals surface area (Å²) in [6, 6.07) is 7.13. The van der Waals surface area contributed by atoms with E-state index in [-0.39, 0.29) is 11.7 Å². The monoisotopic (exact) mass is 295 g/mol. The van der Waals surface area contributed by atoms with Crippen LogP contribution in [-0.4, -0.2) is 12.9 Å². The van der Waals surface area contributed by atoms with E-state index in [1.54, 1.807) is 25.3 Å². The first-order chi connectivity index (χ1) is 8.01. The minimum absolute atomic E-state index is 0.00776. The second-order valence-corrected chi connectivity index (χ2v) is 4.92. The molecular formula is C13H14BrNO2. The van der Waals surface area contributed by atoms with Crippen molar-refractivity contribution >= 4 is 21.7 Å². The van der Waals surface area contributed by atoms with Crippen LogP contribution in [0.1, 0.15) is 24.2 Å². The maximum atomic E-state index is 12.1. The van der Waals surface area contributed by atoms with Gasteiger partial charge in [-0.05, 0) is 40.0 Å². The second-order valence-electron chi connectivity index (χ2n) is 4.06. The van der Waals surface area contributed by atoms with E-state index in [0.29, 0.717) is 15.8 Å². The number of carbonyl (C=O) groups is 1. The largest absolute Gasteiger partial charge is 0.496 e. The number of ketones is 1. The van der Waals surface area contributed by atoms with Crippen molar-refractivity contribution in [3.05, 3.63) is 28.2 Å². The Kier molecular flexibility index (Phi) is 4.71. The third-order valence-electron chi connectivity index (χ3n) is 2.52. The molecule has 17 heavy (non-hydrogen) atoms. The molecule has 0 heterocycles. The van der Waals surface area contributed by atoms with Crippen LogP contribution >= 0.6 is 15.9 Å². The van der Waals surface area contributed by atoms with Crippen LogP contribution in [0.25, 0.3) is 0 Å². The SMILES string of the molecule is COc1ccc(C(=O)C(C#N)C(C)C)cc1Br. The van der Waals surface area contributed by atoms with Crippen molar-refractivity contribution in [1.29, 1.82) is 5.26 Å². The van der Waals surface area contributed by atoms with Crippen molar-refractivity contribution in [2.24, 2.45) is 11.8 Å². The summed E-state index contributed by atoms with van der Waals surface area (Å²) in [5, 5.41) is 8.99. The second kappa shape index (κ2) is 5.83. The standard InChI is InChI=1S/C13H14BrNO2/c1-8(2)10(7-15)13(16)9-4-5-12(17-3)11(14)6-9/h4-6,8,10H,1-3H3. The van der Waals surface area contributed by atoms with Crippen molar-refractivity contribution in [3.63, 3.8) is 0 Å². The number of halogens is 1. The molecule has 0 aliphatic rings. The molecule has 1 aromatic rings. The van der Waals surface area contributed by atoms with Crippen molar-refractivity contribution in [2.45, 2.75) is 13.8 Å². The number of nitrogens with zero attached hydrogens (tertiary/aromatic N) is 1. The van der Waals surface area contributed by atoms with E-state index in [4.69, 9.17) is 10.00 Å². The fourth-order valence-electron chi connectivity index (χ4n) is 1.51. The van der Waals surface area contributed by atoms with Crippen molar-refractivity contribution in [3.8, 4) is 11.8 Å². The van der Waals surface area contributed by atoms with Gasteiger partial charge in [0, 0.05) is 5.56 Å². The van der Waals surface area contributed by atoms with Crippen LogP contribution in [0.4, 0.5) is 0 Å². The Hall–Kier alpha value is -1.34. The normalized spacial score (nSPS) is 12.0. The van der Waals surface area contributed by atoms with E-state index in [2.05, 4.69) is 22.0 Å². The van der Waals surface area contributed by atoms with Crippen molar-refractivity contribution < 1.29 is 9.53 Å². The van der Waals surface area contributed by atoms with Crippen molar-refractivity contribution in [1.82, 2.24) is 0 Å². The molecule has 0 fully saturated rings. The highest BCUT2D eigenvalue weighted by Gasteiger charge is 2.23. The van der Waals surface area contributed by atoms with Crippen LogP contribution in [-0.2, 0) is 0 Å². The first kappa shape index (κ1) is 13.7. The van der Waals surface area contributed by atoms with E-state index in [1.165, 1.54) is 0 Å². The Morgan fingerprint density at radius 2 is 2.12 bits per heavy atom. The van der Waals surface area contributed by atoms with Crippen LogP contribution < -0.4 is 4.74 Å². The number of nitriles is 1. The lowest BCUT2D eigenvalue weighted by Crippen LogP contribution is -2.18. The van der Waals surface area contributed by atoms with Gasteiger partial charge in [0.05, 0.1) is 17.7 Å². The van der Waals surface area contributed by atoms with Crippen LogP contribution in [0.2, 0.25) is 0 Å². The fourth-order valence-corrected chi connectivity index (χ4v) is 2.05. The van der Waals surface area contributed by atoms with Gasteiger partial charge in [-0.2, -0.15) is 5.26 Å². The number of Topliss-reactive ketones (excluding diaryl/α,β-unsaturated/α-hetero) is 1. The summed E-state index contributed by atoms with van der Waals surface area (Å²) in [6.45, 7) is 3.73. The Morgan fingerprint density at radius 3 is 2.53 bits per heavy atom. The van der Waals surface area contributed by atoms with Gasteiger partial charge in [0.1, 0.15) is 11.7 Å². The summed E-state index contributed by atoms with van der Waals surface area (Å²) in [5.41, 5.74) is 0.526. The molecule has 0 bridgehead atoms. The lowest BCUT2D eigenvalue weighted by molar-refractivity contribution is 0.0924. The number of benzene rings is 1. The van der Waals surface area contributed by atoms with Crippen LogP contribution in [0.15, 0.2) is 22.7 Å². The molecule has 1 aromatic carbocycles. The number of ether oxygens (including phenoxy) is 1. The third-order valence-corrected chi connectivity index (χ3v) is 3.14. The number of carbonyl (C=O) groups excluding carboxylic acids is 1. The van der Waals surface area contributed by atoms with Gasteiger partial charge in [-0.1, -0.05) is 13.8 Å². The maximum Gasteiger partial charge on any atom is 0.180 e. The third kappa shape index (κ3) is 3.07. The minimum atomic E-state index is -0.602. The van der Waals surface area contributed by atoms with Crippen LogP contribution in [0, 0.1) is 23.2 Å². The van der Waals surface area contributed by atoms with E-state index >= 15 is 0 Å². The molecule has 0 saturated heterocycles. The lowest BCUT2D eigenvalue weighted by Gasteiger charge is -2.12. The molecule has 90 valence electrons. The van der Waals surface area contributed by atoms with Crippen LogP contribution in [0.5, 0.6) is 5.75 Å². The molecule has 0 spiro atoms. The van der Waals surface area contributed by atoms with Gasteiger partial charge in [-0.3, -0.25) is 4.79 Å². The minimum Gasteiger partial charge on any atom is -0.496 e. The lowest BCUT2D eigenvalue weighted by atomic mass is 9.89. The van der Waals surface area contributed by atoms with Gasteiger partial charge >= 0.3 is 0 Å². The smallest absolute Gasteiger partial charge is 0.180 e. The van der Waals surface area contributed by atoms with E-state index < -0.39 is 5.92 Å². The topological polar surface area (TPSA) is 50.1 Å². The first-order valence-electron chi connectivity index (χ1n) is 5.28. The highest BCUT2D eigenvalue weighted by molar-refractivity contribution is 9.10. The van der Waals surface area contributed by atoms with Gasteiger partial charge in [-0.15, -0.1) is 0 Å². The molecule has 3 nitrogen and oxygen atoms in total. The Morgan fingerprint density at radius 1 is 1.47 bits per heavy atom. The number of methoxy groups -OCH3 is 1. The Labute approximate surface area is 110 Å². The molecule has 0 radical (unpaired) electrons. The Bertz CT molecular complexity index is 463. The summed E-state index contributed by atoms with van der Waals surface area (Å²) >= 11 is 3.32. The highest BCUT2D eigenvalue weighted by Crippen LogP contribution is 2.27. The van der Waals surface area contributed by atoms with Gasteiger partial charge in [0.2, 0.25) is 0 Å². The average molecular weight is 296 g/mol. The molecule has 0 aliphatic heterocycles. The molecule has 1 unspecified atom stereocenters. The average Bonchev–Trinajstić information content (AvgIpc) is 2.29. The predicted octanol–water partition coefficient (Wildman–Crippen LogP) is 3.44. The zero-order valence-electron chi connectivity index (χ0n) is 10.0. The molecule has 1 rings (SSSR count). The van der Waals surface area contributed by atoms with Gasteiger partial charge in [-0.25, -0.2) is 0 Å². The molecule has 1 atom stereocenters. The molecular weight excluding hydrogens is 282 g/mol. The summed E-state index contributed by atoms with van der Waals surface area (Å²) in [5.74, 6) is -0.0749. The first-order valence-corrected chi connectivity index (χ1v) is 6.08. The number of hydrogen-bond acceptors (Lipinski definition) is 3. The maximum absolute atomic E-state index is 12.1. The molecule has 0 amide bonds. The van der Waals surface area contributed by atoms with E-state index in [0.717, 1.165) is 0 Å². The zero-order chi connectivity index (χ0) is 13.0. The zero-order valence-corrected chi connectivity index (χ0v) is 11.6. The summed E-state index contributed by atoms with van der Waals surface area (Å²) < 4.78 is 5.80. The van der Waals surface area contributed by atoms with Gasteiger partial charge in [0.25, 0.3) is 0 Å². The van der Waals surface area contributed by atoms with Crippen molar-refractivity contribution in [2.75, 3.05) is 7.11 Å². The molecule has 4 heteroatoms. The summed E-state index contributed by atoms with van der Waals surface area (Å²) in [4.78, 5) is 12.1. The number of rotatable bonds is 4. The van der Waals surface area contributed by atoms with Gasteiger partial charge in [0.15, 0.2) is 5.78 Å². The van der Waals surface area contributed by atoms with E-state index in [1.807, 2.05) is 13.8 Å². The number of hydrogen-bond donors (Lipinski definition) is 0. The highest BCUT2D eigenvalue weighted by atomic mass is 79.9. The predicted molar refractivity (Wildman–Crippen MR) is 69.0 cm³/mol. The van der Waals surface area contributed by atoms with Crippen LogP contribution in [0.3, 0.4) is 0 Å². The fraction of sp³-hybridized carbons (Fsp3) is 0.385. The molecule has 0 saturated carbocycles. The molecule has 0 aliphatic carbocycles. The summed E-state index contributed by atoms with van der Waals surface area (Å²) in [7, 11) is 1.56. The van der Waals surface area contributed by atoms with Gasteiger partial charge < -0.3 is 4.74 Å².